The summed E-state index contributed by atoms with van der Waals surface area (Å²) in [5.74, 6) is 1.12. The number of amides is 1. The van der Waals surface area contributed by atoms with E-state index in [9.17, 15) is 14.4 Å². The number of carbonyl (C=O) groups is 3. The second-order valence-electron chi connectivity index (χ2n) is 10.9. The molecule has 8 heteroatoms. The molecule has 0 aliphatic carbocycles. The Morgan fingerprint density at radius 3 is 1.95 bits per heavy atom. The second kappa shape index (κ2) is 12.5. The van der Waals surface area contributed by atoms with Crippen molar-refractivity contribution in [3.05, 3.63) is 59.7 Å². The van der Waals surface area contributed by atoms with Crippen LogP contribution in [0.3, 0.4) is 0 Å². The number of carbonyl (C=O) groups excluding carboxylic acids is 3. The highest BCUT2D eigenvalue weighted by Crippen LogP contribution is 2.39. The van der Waals surface area contributed by atoms with Crippen LogP contribution in [0, 0.1) is 5.92 Å². The van der Waals surface area contributed by atoms with E-state index in [0.29, 0.717) is 16.9 Å². The fourth-order valence-electron chi connectivity index (χ4n) is 3.84. The third-order valence-corrected chi connectivity index (χ3v) is 11.7. The van der Waals surface area contributed by atoms with Crippen LogP contribution in [0.5, 0.6) is 11.5 Å². The maximum absolute atomic E-state index is 12.6. The first-order valence-electron chi connectivity index (χ1n) is 12.5. The van der Waals surface area contributed by atoms with Crippen LogP contribution >= 0.6 is 0 Å². The highest BCUT2D eigenvalue weighted by molar-refractivity contribution is 6.74. The number of methoxy groups -OCH3 is 2. The molecule has 0 spiro atoms. The number of β-lactam (4-membered cyclic amide) rings is 1. The Bertz CT molecular complexity index is 1110. The number of hydrogen-bond donors (Lipinski definition) is 1. The molecule has 3 rings (SSSR count). The van der Waals surface area contributed by atoms with Crippen molar-refractivity contribution in [3.8, 4) is 11.5 Å². The normalized spacial score (nSPS) is 17.9. The highest BCUT2D eigenvalue weighted by Gasteiger charge is 2.47. The van der Waals surface area contributed by atoms with Gasteiger partial charge in [0.1, 0.15) is 11.5 Å². The SMILES string of the molecule is COc1cccc(C(=O)C[C@H]2NC(=O)[C@@H]2[C@@H](C)O[Si](C)(C)C(C)(C)C)c1.COc1cccc(C(C)=O)c1. The molecule has 2 aromatic carbocycles. The van der Waals surface area contributed by atoms with Gasteiger partial charge in [-0.3, -0.25) is 14.4 Å². The molecular weight excluding hydrogens is 486 g/mol. The van der Waals surface area contributed by atoms with Gasteiger partial charge in [0.15, 0.2) is 19.9 Å². The van der Waals surface area contributed by atoms with E-state index in [1.807, 2.05) is 13.0 Å². The van der Waals surface area contributed by atoms with Crippen LogP contribution in [0.4, 0.5) is 0 Å². The highest BCUT2D eigenvalue weighted by atomic mass is 28.4. The molecule has 1 fully saturated rings. The first-order valence-corrected chi connectivity index (χ1v) is 15.4. The van der Waals surface area contributed by atoms with Crippen LogP contribution in [-0.4, -0.2) is 52.2 Å². The zero-order valence-electron chi connectivity index (χ0n) is 23.5. The lowest BCUT2D eigenvalue weighted by Crippen LogP contribution is -2.64. The van der Waals surface area contributed by atoms with Crippen LogP contribution in [0.15, 0.2) is 48.5 Å². The van der Waals surface area contributed by atoms with E-state index in [-0.39, 0.29) is 47.0 Å². The summed E-state index contributed by atoms with van der Waals surface area (Å²) in [6.45, 7) is 14.4. The van der Waals surface area contributed by atoms with Gasteiger partial charge in [-0.15, -0.1) is 0 Å². The number of hydrogen-bond acceptors (Lipinski definition) is 6. The lowest BCUT2D eigenvalue weighted by Gasteiger charge is -2.45. The van der Waals surface area contributed by atoms with Gasteiger partial charge >= 0.3 is 0 Å². The van der Waals surface area contributed by atoms with E-state index in [0.717, 1.165) is 5.75 Å². The van der Waals surface area contributed by atoms with E-state index in [4.69, 9.17) is 13.9 Å². The molecule has 1 aliphatic heterocycles. The molecule has 37 heavy (non-hydrogen) atoms. The minimum absolute atomic E-state index is 0.00146. The summed E-state index contributed by atoms with van der Waals surface area (Å²) in [4.78, 5) is 35.6. The fraction of sp³-hybridized carbons (Fsp3) is 0.483. The smallest absolute Gasteiger partial charge is 0.228 e. The van der Waals surface area contributed by atoms with Gasteiger partial charge < -0.3 is 19.2 Å². The molecule has 1 N–H and O–H groups in total. The predicted octanol–water partition coefficient (Wildman–Crippen LogP) is 5.69. The van der Waals surface area contributed by atoms with Gasteiger partial charge in [-0.25, -0.2) is 0 Å². The number of ether oxygens (including phenoxy) is 2. The Hall–Kier alpha value is -2.97. The van der Waals surface area contributed by atoms with Crippen LogP contribution in [0.25, 0.3) is 0 Å². The third-order valence-electron chi connectivity index (χ3n) is 7.13. The van der Waals surface area contributed by atoms with E-state index in [1.165, 1.54) is 6.92 Å². The number of rotatable bonds is 9. The Morgan fingerprint density at radius 1 is 0.973 bits per heavy atom. The average Bonchev–Trinajstić information content (AvgIpc) is 2.82. The van der Waals surface area contributed by atoms with E-state index in [2.05, 4.69) is 39.2 Å². The molecule has 1 aliphatic rings. The molecule has 1 amide bonds. The minimum Gasteiger partial charge on any atom is -0.497 e. The van der Waals surface area contributed by atoms with Crippen molar-refractivity contribution in [2.45, 2.75) is 71.3 Å². The summed E-state index contributed by atoms with van der Waals surface area (Å²) < 4.78 is 16.5. The molecule has 3 atom stereocenters. The molecule has 0 radical (unpaired) electrons. The first kappa shape index (κ1) is 30.3. The fourth-order valence-corrected chi connectivity index (χ4v) is 5.27. The quantitative estimate of drug-likeness (QED) is 0.256. The second-order valence-corrected chi connectivity index (χ2v) is 15.6. The number of ketones is 2. The lowest BCUT2D eigenvalue weighted by atomic mass is 9.82. The predicted molar refractivity (Wildman–Crippen MR) is 148 cm³/mol. The van der Waals surface area contributed by atoms with Gasteiger partial charge in [0.05, 0.1) is 32.3 Å². The lowest BCUT2D eigenvalue weighted by molar-refractivity contribution is -0.139. The Balaban J connectivity index is 0.000000364. The maximum Gasteiger partial charge on any atom is 0.228 e. The zero-order chi connectivity index (χ0) is 28.0. The molecule has 7 nitrogen and oxygen atoms in total. The zero-order valence-corrected chi connectivity index (χ0v) is 24.5. The summed E-state index contributed by atoms with van der Waals surface area (Å²) in [5, 5.41) is 2.95. The Morgan fingerprint density at radius 2 is 1.49 bits per heavy atom. The number of nitrogens with one attached hydrogen (secondary N) is 1. The number of Topliss-reactive ketones (excluding diaryl/α,β-unsaturated/α-hetero) is 2. The van der Waals surface area contributed by atoms with Crippen molar-refractivity contribution in [2.24, 2.45) is 5.92 Å². The van der Waals surface area contributed by atoms with Crippen molar-refractivity contribution in [3.63, 3.8) is 0 Å². The van der Waals surface area contributed by atoms with Crippen molar-refractivity contribution < 1.29 is 28.3 Å². The maximum atomic E-state index is 12.6. The van der Waals surface area contributed by atoms with Gasteiger partial charge in [-0.05, 0) is 56.2 Å². The van der Waals surface area contributed by atoms with Gasteiger partial charge in [0.2, 0.25) is 5.91 Å². The molecule has 202 valence electrons. The molecule has 0 bridgehead atoms. The van der Waals surface area contributed by atoms with Crippen LogP contribution in [0.2, 0.25) is 18.1 Å². The van der Waals surface area contributed by atoms with Crippen LogP contribution < -0.4 is 14.8 Å². The number of benzene rings is 2. The molecule has 1 saturated heterocycles. The monoisotopic (exact) mass is 527 g/mol. The average molecular weight is 528 g/mol. The van der Waals surface area contributed by atoms with E-state index < -0.39 is 8.32 Å². The van der Waals surface area contributed by atoms with Gasteiger partial charge in [-0.1, -0.05) is 45.0 Å². The van der Waals surface area contributed by atoms with Crippen LogP contribution in [-0.2, 0) is 9.22 Å². The van der Waals surface area contributed by atoms with Gasteiger partial charge in [0.25, 0.3) is 0 Å². The Labute approximate surface area is 222 Å². The van der Waals surface area contributed by atoms with Crippen molar-refractivity contribution in [1.29, 1.82) is 0 Å². The minimum atomic E-state index is -1.97. The van der Waals surface area contributed by atoms with Crippen molar-refractivity contribution >= 4 is 25.8 Å². The third kappa shape index (κ3) is 8.00. The molecule has 0 aromatic heterocycles. The molecule has 1 heterocycles. The molecular formula is C29H41NO6Si. The summed E-state index contributed by atoms with van der Waals surface area (Å²) in [7, 11) is 1.19. The summed E-state index contributed by atoms with van der Waals surface area (Å²) in [5.41, 5.74) is 1.28. The summed E-state index contributed by atoms with van der Waals surface area (Å²) >= 11 is 0. The molecule has 0 saturated carbocycles. The van der Waals surface area contributed by atoms with Gasteiger partial charge in [-0.2, -0.15) is 0 Å². The summed E-state index contributed by atoms with van der Waals surface area (Å²) in [6.07, 6.45) is 0.0714. The van der Waals surface area contributed by atoms with Crippen molar-refractivity contribution in [2.75, 3.05) is 14.2 Å². The van der Waals surface area contributed by atoms with E-state index >= 15 is 0 Å². The van der Waals surface area contributed by atoms with Crippen molar-refractivity contribution in [1.82, 2.24) is 5.32 Å². The largest absolute Gasteiger partial charge is 0.497 e. The topological polar surface area (TPSA) is 90.9 Å². The van der Waals surface area contributed by atoms with Gasteiger partial charge in [0, 0.05) is 17.5 Å². The van der Waals surface area contributed by atoms with E-state index in [1.54, 1.807) is 56.7 Å². The molecule has 0 unspecified atom stereocenters. The Kier molecular flexibility index (Phi) is 10.2. The summed E-state index contributed by atoms with van der Waals surface area (Å²) in [6, 6.07) is 14.0. The first-order chi connectivity index (χ1) is 17.2. The molecule has 2 aromatic rings. The standard InChI is InChI=1S/C20H31NO4Si.C9H10O2/c1-13(25-26(6,7)20(2,3)4)18-16(21-19(18)23)12-17(22)14-9-8-10-15(11-14)24-5;1-7(10)8-4-3-5-9(6-8)11-2/h8-11,13,16,18H,12H2,1-7H3,(H,21,23);3-6H,1-2H3/t13-,16-,18-;/m1./s1. The van der Waals surface area contributed by atoms with Crippen LogP contribution in [0.1, 0.15) is 61.8 Å².